The number of esters is 1. The number of nitrogens with one attached hydrogen (secondary N) is 1. The van der Waals surface area contributed by atoms with Gasteiger partial charge < -0.3 is 20.5 Å². The van der Waals surface area contributed by atoms with Crippen LogP contribution in [0.1, 0.15) is 38.5 Å². The lowest BCUT2D eigenvalue weighted by molar-refractivity contribution is -0.144. The Morgan fingerprint density at radius 3 is 2.59 bits per heavy atom. The van der Waals surface area contributed by atoms with Crippen LogP contribution in [-0.4, -0.2) is 44.3 Å². The van der Waals surface area contributed by atoms with E-state index < -0.39 is 5.54 Å². The van der Waals surface area contributed by atoms with Gasteiger partial charge >= 0.3 is 5.97 Å². The van der Waals surface area contributed by atoms with Gasteiger partial charge in [0.1, 0.15) is 0 Å². The number of amides is 1. The second kappa shape index (κ2) is 8.70. The molecule has 1 heterocycles. The number of rotatable bonds is 5. The summed E-state index contributed by atoms with van der Waals surface area (Å²) in [6.07, 6.45) is 4.45. The van der Waals surface area contributed by atoms with Crippen molar-refractivity contribution in [3.05, 3.63) is 0 Å². The van der Waals surface area contributed by atoms with Crippen molar-refractivity contribution in [2.24, 2.45) is 17.6 Å². The number of hydrogen-bond donors (Lipinski definition) is 2. The molecule has 2 fully saturated rings. The van der Waals surface area contributed by atoms with E-state index in [0.717, 1.165) is 19.3 Å². The van der Waals surface area contributed by atoms with Gasteiger partial charge in [-0.25, -0.2) is 0 Å². The largest absolute Gasteiger partial charge is 0.469 e. The second-order valence-corrected chi connectivity index (χ2v) is 6.17. The highest BCUT2D eigenvalue weighted by molar-refractivity contribution is 5.85. The number of carbonyl (C=O) groups excluding carboxylic acids is 2. The molecule has 1 saturated carbocycles. The Kier molecular flexibility index (Phi) is 7.59. The minimum absolute atomic E-state index is 0. The van der Waals surface area contributed by atoms with Crippen molar-refractivity contribution >= 4 is 24.3 Å². The van der Waals surface area contributed by atoms with Crippen LogP contribution in [0.4, 0.5) is 0 Å². The smallest absolute Gasteiger partial charge is 0.307 e. The number of carbonyl (C=O) groups is 2. The van der Waals surface area contributed by atoms with E-state index in [4.69, 9.17) is 15.2 Å². The highest BCUT2D eigenvalue weighted by atomic mass is 35.5. The molecule has 2 atom stereocenters. The van der Waals surface area contributed by atoms with E-state index in [2.05, 4.69) is 5.32 Å². The van der Waals surface area contributed by atoms with Gasteiger partial charge in [-0.15, -0.1) is 12.4 Å². The van der Waals surface area contributed by atoms with Crippen molar-refractivity contribution < 1.29 is 19.1 Å². The molecular formula is C15H27ClN2O4. The lowest BCUT2D eigenvalue weighted by Gasteiger charge is -2.38. The molecule has 7 heteroatoms. The summed E-state index contributed by atoms with van der Waals surface area (Å²) in [7, 11) is 1.37. The van der Waals surface area contributed by atoms with Gasteiger partial charge in [0.25, 0.3) is 0 Å². The molecule has 1 aliphatic heterocycles. The molecule has 1 saturated heterocycles. The fraction of sp³-hybridized carbons (Fsp3) is 0.867. The van der Waals surface area contributed by atoms with E-state index in [0.29, 0.717) is 32.6 Å². The van der Waals surface area contributed by atoms with Crippen LogP contribution >= 0.6 is 12.4 Å². The number of ether oxygens (including phenoxy) is 2. The van der Waals surface area contributed by atoms with Crippen LogP contribution in [0.25, 0.3) is 0 Å². The zero-order valence-electron chi connectivity index (χ0n) is 13.1. The molecular weight excluding hydrogens is 308 g/mol. The summed E-state index contributed by atoms with van der Waals surface area (Å²) in [5.41, 5.74) is 5.23. The molecule has 0 spiro atoms. The summed E-state index contributed by atoms with van der Waals surface area (Å²) in [5, 5.41) is 3.13. The van der Waals surface area contributed by atoms with Gasteiger partial charge in [0.05, 0.1) is 19.1 Å². The van der Waals surface area contributed by atoms with Crippen molar-refractivity contribution in [2.45, 2.75) is 44.1 Å². The predicted molar refractivity (Wildman–Crippen MR) is 84.7 cm³/mol. The summed E-state index contributed by atoms with van der Waals surface area (Å²) >= 11 is 0. The van der Waals surface area contributed by atoms with Gasteiger partial charge in [0.15, 0.2) is 0 Å². The third kappa shape index (κ3) is 4.57. The Bertz CT molecular complexity index is 386. The molecule has 3 N–H and O–H groups in total. The molecule has 0 aromatic heterocycles. The maximum atomic E-state index is 12.6. The standard InChI is InChI=1S/C15H26N2O4.ClH/c1-20-13(18)9-15(5-7-21-8-6-15)17-14(19)12-4-2-3-11(12)10-16;/h11-12H,2-10,16H2,1H3,(H,17,19);1H/t11-,12-;/m1./s1. The van der Waals surface area contributed by atoms with Crippen LogP contribution in [0.5, 0.6) is 0 Å². The van der Waals surface area contributed by atoms with Crippen LogP contribution in [0, 0.1) is 11.8 Å². The van der Waals surface area contributed by atoms with Crippen molar-refractivity contribution in [2.75, 3.05) is 26.9 Å². The molecule has 128 valence electrons. The summed E-state index contributed by atoms with van der Waals surface area (Å²) in [6.45, 7) is 1.66. The molecule has 22 heavy (non-hydrogen) atoms. The van der Waals surface area contributed by atoms with E-state index in [9.17, 15) is 9.59 Å². The normalized spacial score (nSPS) is 26.8. The summed E-state index contributed by atoms with van der Waals surface area (Å²) in [4.78, 5) is 24.3. The SMILES string of the molecule is COC(=O)CC1(NC(=O)[C@@H]2CCC[C@@H]2CN)CCOCC1.Cl. The highest BCUT2D eigenvalue weighted by Gasteiger charge is 2.40. The number of nitrogens with two attached hydrogens (primary N) is 1. The van der Waals surface area contributed by atoms with E-state index >= 15 is 0 Å². The Labute approximate surface area is 137 Å². The van der Waals surface area contributed by atoms with Crippen LogP contribution in [0.2, 0.25) is 0 Å². The average Bonchev–Trinajstić information content (AvgIpc) is 2.96. The maximum absolute atomic E-state index is 12.6. The van der Waals surface area contributed by atoms with Crippen molar-refractivity contribution in [1.29, 1.82) is 0 Å². The first-order valence-electron chi connectivity index (χ1n) is 7.77. The van der Waals surface area contributed by atoms with Crippen LogP contribution in [0.15, 0.2) is 0 Å². The monoisotopic (exact) mass is 334 g/mol. The summed E-state index contributed by atoms with van der Waals surface area (Å²) in [5.74, 6) is -0.0138. The number of methoxy groups -OCH3 is 1. The third-order valence-electron chi connectivity index (χ3n) is 4.85. The van der Waals surface area contributed by atoms with Gasteiger partial charge in [-0.2, -0.15) is 0 Å². The predicted octanol–water partition coefficient (Wildman–Crippen LogP) is 1.01. The molecule has 1 aliphatic carbocycles. The van der Waals surface area contributed by atoms with Gasteiger partial charge in [0, 0.05) is 19.1 Å². The average molecular weight is 335 g/mol. The minimum atomic E-state index is -0.524. The first-order valence-corrected chi connectivity index (χ1v) is 7.77. The Morgan fingerprint density at radius 2 is 2.00 bits per heavy atom. The molecule has 0 aromatic carbocycles. The Morgan fingerprint density at radius 1 is 1.32 bits per heavy atom. The van der Waals surface area contributed by atoms with Gasteiger partial charge in [0.2, 0.25) is 5.91 Å². The van der Waals surface area contributed by atoms with Gasteiger partial charge in [-0.1, -0.05) is 6.42 Å². The van der Waals surface area contributed by atoms with Crippen LogP contribution < -0.4 is 11.1 Å². The van der Waals surface area contributed by atoms with Crippen LogP contribution in [0.3, 0.4) is 0 Å². The first kappa shape index (κ1) is 19.2. The quantitative estimate of drug-likeness (QED) is 0.732. The third-order valence-corrected chi connectivity index (χ3v) is 4.85. The zero-order chi connectivity index (χ0) is 15.3. The van der Waals surface area contributed by atoms with Crippen LogP contribution in [-0.2, 0) is 19.1 Å². The zero-order valence-corrected chi connectivity index (χ0v) is 14.0. The number of hydrogen-bond acceptors (Lipinski definition) is 5. The van der Waals surface area contributed by atoms with Crippen molar-refractivity contribution in [3.63, 3.8) is 0 Å². The van der Waals surface area contributed by atoms with E-state index in [1.54, 1.807) is 0 Å². The first-order chi connectivity index (χ1) is 10.1. The molecule has 0 bridgehead atoms. The molecule has 2 rings (SSSR count). The molecule has 1 amide bonds. The molecule has 0 unspecified atom stereocenters. The topological polar surface area (TPSA) is 90.7 Å². The summed E-state index contributed by atoms with van der Waals surface area (Å²) in [6, 6.07) is 0. The lowest BCUT2D eigenvalue weighted by atomic mass is 9.85. The molecule has 0 aromatic rings. The van der Waals surface area contributed by atoms with Gasteiger partial charge in [-0.05, 0) is 38.1 Å². The van der Waals surface area contributed by atoms with Crippen molar-refractivity contribution in [1.82, 2.24) is 5.32 Å². The van der Waals surface area contributed by atoms with E-state index in [-0.39, 0.29) is 42.5 Å². The van der Waals surface area contributed by atoms with Crippen molar-refractivity contribution in [3.8, 4) is 0 Å². The summed E-state index contributed by atoms with van der Waals surface area (Å²) < 4.78 is 10.1. The second-order valence-electron chi connectivity index (χ2n) is 6.17. The highest BCUT2D eigenvalue weighted by Crippen LogP contribution is 2.33. The maximum Gasteiger partial charge on any atom is 0.307 e. The Balaban J connectivity index is 0.00000242. The molecule has 0 radical (unpaired) electrons. The molecule has 2 aliphatic rings. The van der Waals surface area contributed by atoms with Gasteiger partial charge in [-0.3, -0.25) is 9.59 Å². The fourth-order valence-corrected chi connectivity index (χ4v) is 3.47. The fourth-order valence-electron chi connectivity index (χ4n) is 3.47. The van der Waals surface area contributed by atoms with E-state index in [1.807, 2.05) is 0 Å². The van der Waals surface area contributed by atoms with E-state index in [1.165, 1.54) is 7.11 Å². The molecule has 6 nitrogen and oxygen atoms in total. The Hall–Kier alpha value is -0.850. The number of halogens is 1. The lowest BCUT2D eigenvalue weighted by Crippen LogP contribution is -2.55. The minimum Gasteiger partial charge on any atom is -0.469 e.